The van der Waals surface area contributed by atoms with Crippen LogP contribution in [0.4, 0.5) is 0 Å². The van der Waals surface area contributed by atoms with Gasteiger partial charge in [-0.3, -0.25) is 0 Å². The maximum absolute atomic E-state index is 6.09. The van der Waals surface area contributed by atoms with Crippen LogP contribution in [0.3, 0.4) is 0 Å². The molecule has 0 bridgehead atoms. The van der Waals surface area contributed by atoms with Gasteiger partial charge in [0.1, 0.15) is 11.2 Å². The van der Waals surface area contributed by atoms with E-state index in [1.807, 2.05) is 12.1 Å². The molecule has 0 saturated carbocycles. The predicted octanol–water partition coefficient (Wildman–Crippen LogP) is 9.48. The van der Waals surface area contributed by atoms with E-state index >= 15 is 0 Å². The van der Waals surface area contributed by atoms with Gasteiger partial charge in [0.25, 0.3) is 0 Å². The fourth-order valence-corrected chi connectivity index (χ4v) is 5.38. The van der Waals surface area contributed by atoms with Crippen molar-refractivity contribution in [3.63, 3.8) is 0 Å². The van der Waals surface area contributed by atoms with Gasteiger partial charge in [-0.1, -0.05) is 82.7 Å². The maximum atomic E-state index is 6.09. The van der Waals surface area contributed by atoms with E-state index in [9.17, 15) is 0 Å². The highest BCUT2D eigenvalue weighted by Gasteiger charge is 2.13. The fraction of sp³-hybridized carbons (Fsp3) is 0. The molecule has 0 N–H and O–H groups in total. The van der Waals surface area contributed by atoms with Gasteiger partial charge in [0.2, 0.25) is 0 Å². The molecule has 1 heterocycles. The first-order valence-corrected chi connectivity index (χ1v) is 11.5. The number of benzene rings is 6. The van der Waals surface area contributed by atoms with Crippen LogP contribution in [-0.4, -0.2) is 0 Å². The fourth-order valence-electron chi connectivity index (χ4n) is 5.02. The van der Waals surface area contributed by atoms with E-state index in [-0.39, 0.29) is 0 Å². The predicted molar refractivity (Wildman–Crippen MR) is 139 cm³/mol. The van der Waals surface area contributed by atoms with E-state index in [4.69, 9.17) is 4.42 Å². The summed E-state index contributed by atoms with van der Waals surface area (Å²) < 4.78 is 7.15. The maximum Gasteiger partial charge on any atom is 0.135 e. The average Bonchev–Trinajstić information content (AvgIpc) is 3.20. The monoisotopic (exact) mass is 472 g/mol. The number of furan rings is 1. The van der Waals surface area contributed by atoms with Crippen molar-refractivity contribution < 1.29 is 4.42 Å². The standard InChI is InChI=1S/C30H17BrO/c31-20-11-14-30-28(16-20)27-15-19(10-13-29(27)32-30)25-17-26-21-6-2-1-5-18(21)9-12-24(26)22-7-3-4-8-23(22)25/h1-17H. The molecule has 7 rings (SSSR count). The minimum Gasteiger partial charge on any atom is -0.456 e. The molecule has 6 aromatic carbocycles. The second-order valence-corrected chi connectivity index (χ2v) is 9.22. The first-order valence-electron chi connectivity index (χ1n) is 10.7. The summed E-state index contributed by atoms with van der Waals surface area (Å²) in [5.74, 6) is 0. The number of rotatable bonds is 1. The van der Waals surface area contributed by atoms with Crippen LogP contribution < -0.4 is 0 Å². The van der Waals surface area contributed by atoms with Gasteiger partial charge in [-0.2, -0.15) is 0 Å². The summed E-state index contributed by atoms with van der Waals surface area (Å²) in [7, 11) is 0. The zero-order valence-electron chi connectivity index (χ0n) is 17.1. The van der Waals surface area contributed by atoms with Crippen LogP contribution in [0.1, 0.15) is 0 Å². The van der Waals surface area contributed by atoms with Crippen LogP contribution >= 0.6 is 15.9 Å². The Morgan fingerprint density at radius 3 is 2.03 bits per heavy atom. The Morgan fingerprint density at radius 2 is 1.16 bits per heavy atom. The quantitative estimate of drug-likeness (QED) is 0.217. The Morgan fingerprint density at radius 1 is 0.469 bits per heavy atom. The molecule has 7 aromatic rings. The van der Waals surface area contributed by atoms with Crippen LogP contribution in [0.5, 0.6) is 0 Å². The SMILES string of the molecule is Brc1ccc2oc3ccc(-c4cc5c6ccccc6ccc5c5ccccc45)cc3c2c1. The molecule has 0 aliphatic carbocycles. The first kappa shape index (κ1) is 18.0. The second-order valence-electron chi connectivity index (χ2n) is 8.31. The van der Waals surface area contributed by atoms with Gasteiger partial charge in [0.15, 0.2) is 0 Å². The zero-order chi connectivity index (χ0) is 21.2. The lowest BCUT2D eigenvalue weighted by molar-refractivity contribution is 0.669. The lowest BCUT2D eigenvalue weighted by Crippen LogP contribution is -1.86. The van der Waals surface area contributed by atoms with E-state index in [2.05, 4.69) is 107 Å². The van der Waals surface area contributed by atoms with E-state index in [0.717, 1.165) is 26.4 Å². The molecular formula is C30H17BrO. The number of halogens is 1. The van der Waals surface area contributed by atoms with Crippen LogP contribution in [0.2, 0.25) is 0 Å². The van der Waals surface area contributed by atoms with Gasteiger partial charge < -0.3 is 4.42 Å². The van der Waals surface area contributed by atoms with E-state index in [0.29, 0.717) is 0 Å². The van der Waals surface area contributed by atoms with Gasteiger partial charge >= 0.3 is 0 Å². The topological polar surface area (TPSA) is 13.1 Å². The van der Waals surface area contributed by atoms with Crippen LogP contribution in [0, 0.1) is 0 Å². The van der Waals surface area contributed by atoms with Gasteiger partial charge in [-0.15, -0.1) is 0 Å². The van der Waals surface area contributed by atoms with Crippen molar-refractivity contribution in [1.82, 2.24) is 0 Å². The van der Waals surface area contributed by atoms with Crippen molar-refractivity contribution in [2.45, 2.75) is 0 Å². The van der Waals surface area contributed by atoms with Crippen molar-refractivity contribution in [3.8, 4) is 11.1 Å². The summed E-state index contributed by atoms with van der Waals surface area (Å²) in [5, 5.41) is 9.96. The van der Waals surface area contributed by atoms with Crippen molar-refractivity contribution in [1.29, 1.82) is 0 Å². The molecule has 2 heteroatoms. The molecule has 1 nitrogen and oxygen atoms in total. The third kappa shape index (κ3) is 2.57. The van der Waals surface area contributed by atoms with E-state index in [1.54, 1.807) is 0 Å². The molecule has 0 fully saturated rings. The Labute approximate surface area is 193 Å². The largest absolute Gasteiger partial charge is 0.456 e. The molecule has 150 valence electrons. The summed E-state index contributed by atoms with van der Waals surface area (Å²) in [6.45, 7) is 0. The molecule has 0 amide bonds. The summed E-state index contributed by atoms with van der Waals surface area (Å²) in [4.78, 5) is 0. The van der Waals surface area contributed by atoms with Crippen molar-refractivity contribution >= 4 is 70.2 Å². The minimum absolute atomic E-state index is 0.912. The summed E-state index contributed by atoms with van der Waals surface area (Å²) in [5.41, 5.74) is 4.27. The number of hydrogen-bond donors (Lipinski definition) is 0. The molecule has 0 radical (unpaired) electrons. The Hall–Kier alpha value is -3.62. The Kier molecular flexibility index (Phi) is 3.76. The molecule has 0 aliphatic rings. The van der Waals surface area contributed by atoms with Crippen LogP contribution in [0.15, 0.2) is 112 Å². The molecule has 0 atom stereocenters. The Balaban J connectivity index is 1.61. The average molecular weight is 473 g/mol. The van der Waals surface area contributed by atoms with Crippen LogP contribution in [0.25, 0.3) is 65.4 Å². The molecule has 0 spiro atoms. The first-order chi connectivity index (χ1) is 15.8. The second kappa shape index (κ2) is 6.69. The smallest absolute Gasteiger partial charge is 0.135 e. The third-order valence-corrected chi connectivity index (χ3v) is 7.00. The van der Waals surface area contributed by atoms with Gasteiger partial charge in [-0.25, -0.2) is 0 Å². The Bertz CT molecular complexity index is 1840. The third-order valence-electron chi connectivity index (χ3n) is 6.51. The van der Waals surface area contributed by atoms with Crippen molar-refractivity contribution in [2.24, 2.45) is 0 Å². The van der Waals surface area contributed by atoms with Gasteiger partial charge in [0.05, 0.1) is 0 Å². The summed E-state index contributed by atoms with van der Waals surface area (Å²) in [6, 6.07) is 36.9. The van der Waals surface area contributed by atoms with Crippen molar-refractivity contribution in [2.75, 3.05) is 0 Å². The highest BCUT2D eigenvalue weighted by Crippen LogP contribution is 2.40. The highest BCUT2D eigenvalue weighted by molar-refractivity contribution is 9.10. The highest BCUT2D eigenvalue weighted by atomic mass is 79.9. The molecule has 32 heavy (non-hydrogen) atoms. The molecular weight excluding hydrogens is 456 g/mol. The van der Waals surface area contributed by atoms with E-state index < -0.39 is 0 Å². The van der Waals surface area contributed by atoms with Crippen LogP contribution in [-0.2, 0) is 0 Å². The van der Waals surface area contributed by atoms with Gasteiger partial charge in [0, 0.05) is 15.2 Å². The number of fused-ring (bicyclic) bond motifs is 8. The van der Waals surface area contributed by atoms with Gasteiger partial charge in [-0.05, 0) is 79.8 Å². The minimum atomic E-state index is 0.912. The molecule has 0 unspecified atom stereocenters. The van der Waals surface area contributed by atoms with Crippen molar-refractivity contribution in [3.05, 3.63) is 108 Å². The normalized spacial score (nSPS) is 11.9. The summed E-state index contributed by atoms with van der Waals surface area (Å²) >= 11 is 3.61. The van der Waals surface area contributed by atoms with E-state index in [1.165, 1.54) is 43.4 Å². The summed E-state index contributed by atoms with van der Waals surface area (Å²) in [6.07, 6.45) is 0. The molecule has 0 aliphatic heterocycles. The lowest BCUT2D eigenvalue weighted by Gasteiger charge is -2.13. The zero-order valence-corrected chi connectivity index (χ0v) is 18.7. The molecule has 0 saturated heterocycles. The lowest BCUT2D eigenvalue weighted by atomic mass is 9.90. The number of hydrogen-bond acceptors (Lipinski definition) is 1. The molecule has 1 aromatic heterocycles.